The molecule has 0 aromatic heterocycles. The van der Waals surface area contributed by atoms with E-state index in [9.17, 15) is 15.2 Å². The lowest BCUT2D eigenvalue weighted by atomic mass is 10.0. The van der Waals surface area contributed by atoms with Crippen molar-refractivity contribution in [2.45, 2.75) is 46.0 Å². The first-order valence-electron chi connectivity index (χ1n) is 8.94. The molecule has 0 atom stereocenters. The van der Waals surface area contributed by atoms with Gasteiger partial charge in [-0.25, -0.2) is 0 Å². The Hall–Kier alpha value is -2.76. The maximum atomic E-state index is 11.0. The molecule has 2 aromatic rings. The molecule has 0 aliphatic carbocycles. The monoisotopic (exact) mass is 355 g/mol. The Morgan fingerprint density at radius 2 is 1.77 bits per heavy atom. The zero-order valence-corrected chi connectivity index (χ0v) is 15.3. The van der Waals surface area contributed by atoms with E-state index in [2.05, 4.69) is 24.1 Å². The fourth-order valence-electron chi connectivity index (χ4n) is 2.67. The number of phenolic OH excluding ortho intramolecular Hbond substituents is 1. The Morgan fingerprint density at radius 1 is 1.04 bits per heavy atom. The molecule has 0 amide bonds. The van der Waals surface area contributed by atoms with Crippen LogP contribution in [0.4, 0.5) is 17.1 Å². The number of hydrogen-bond acceptors (Lipinski definition) is 5. The molecule has 2 rings (SSSR count). The summed E-state index contributed by atoms with van der Waals surface area (Å²) in [7, 11) is 0. The van der Waals surface area contributed by atoms with E-state index in [1.165, 1.54) is 31.4 Å². The van der Waals surface area contributed by atoms with Crippen LogP contribution in [0.25, 0.3) is 0 Å². The second-order valence-electron chi connectivity index (χ2n) is 6.76. The number of unbranched alkanes of at least 4 members (excludes halogenated alkanes) is 2. The highest BCUT2D eigenvalue weighted by atomic mass is 16.6. The van der Waals surface area contributed by atoms with Crippen LogP contribution in [0, 0.1) is 16.0 Å². The van der Waals surface area contributed by atoms with Crippen LogP contribution < -0.4 is 0 Å². The van der Waals surface area contributed by atoms with Crippen LogP contribution in [0.2, 0.25) is 0 Å². The first kappa shape index (κ1) is 19.6. The first-order chi connectivity index (χ1) is 12.5. The van der Waals surface area contributed by atoms with Gasteiger partial charge in [0, 0.05) is 6.07 Å². The molecule has 1 N–H and O–H groups in total. The molecule has 6 nitrogen and oxygen atoms in total. The average Bonchev–Trinajstić information content (AvgIpc) is 2.61. The maximum absolute atomic E-state index is 11.0. The highest BCUT2D eigenvalue weighted by Gasteiger charge is 2.12. The maximum Gasteiger partial charge on any atom is 0.296 e. The van der Waals surface area contributed by atoms with Gasteiger partial charge in [-0.15, -0.1) is 10.2 Å². The Balaban J connectivity index is 2.04. The number of phenols is 1. The minimum Gasteiger partial charge on any atom is -0.506 e. The molecule has 0 spiro atoms. The van der Waals surface area contributed by atoms with Crippen molar-refractivity contribution in [3.63, 3.8) is 0 Å². The Kier molecular flexibility index (Phi) is 7.26. The van der Waals surface area contributed by atoms with Crippen LogP contribution in [-0.2, 0) is 6.42 Å². The lowest BCUT2D eigenvalue weighted by Crippen LogP contribution is -1.89. The predicted molar refractivity (Wildman–Crippen MR) is 102 cm³/mol. The minimum absolute atomic E-state index is 0.0101. The number of aromatic hydroxyl groups is 1. The van der Waals surface area contributed by atoms with E-state index < -0.39 is 4.92 Å². The standard InChI is InChI=1S/C20H25N3O3/c1-15(2)8-4-3-5-9-16-12-13-20(24)18(14-16)22-21-17-10-6-7-11-19(17)23(25)26/h6-7,10-15,24H,3-5,8-9H2,1-2H3. The summed E-state index contributed by atoms with van der Waals surface area (Å²) in [5.74, 6) is 0.744. The van der Waals surface area contributed by atoms with E-state index in [1.807, 2.05) is 6.07 Å². The second-order valence-corrected chi connectivity index (χ2v) is 6.76. The molecule has 0 radical (unpaired) electrons. The van der Waals surface area contributed by atoms with Crippen LogP contribution in [0.1, 0.15) is 45.1 Å². The van der Waals surface area contributed by atoms with Crippen LogP contribution in [0.3, 0.4) is 0 Å². The van der Waals surface area contributed by atoms with Gasteiger partial charge in [-0.05, 0) is 42.5 Å². The highest BCUT2D eigenvalue weighted by Crippen LogP contribution is 2.32. The zero-order chi connectivity index (χ0) is 18.9. The van der Waals surface area contributed by atoms with E-state index >= 15 is 0 Å². The SMILES string of the molecule is CC(C)CCCCCc1ccc(O)c(N=Nc2ccccc2[N+](=O)[O-])c1. The average molecular weight is 355 g/mol. The largest absolute Gasteiger partial charge is 0.506 e. The topological polar surface area (TPSA) is 88.1 Å². The summed E-state index contributed by atoms with van der Waals surface area (Å²) in [5, 5.41) is 29.0. The van der Waals surface area contributed by atoms with Gasteiger partial charge in [0.1, 0.15) is 11.4 Å². The Morgan fingerprint density at radius 3 is 2.50 bits per heavy atom. The fraction of sp³-hybridized carbons (Fsp3) is 0.400. The third-order valence-electron chi connectivity index (χ3n) is 4.13. The molecule has 0 saturated heterocycles. The first-order valence-corrected chi connectivity index (χ1v) is 8.94. The summed E-state index contributed by atoms with van der Waals surface area (Å²) < 4.78 is 0. The van der Waals surface area contributed by atoms with Crippen molar-refractivity contribution < 1.29 is 10.0 Å². The number of nitrogens with zero attached hydrogens (tertiary/aromatic N) is 3. The van der Waals surface area contributed by atoms with Gasteiger partial charge in [-0.2, -0.15) is 0 Å². The minimum atomic E-state index is -0.498. The molecular formula is C20H25N3O3. The summed E-state index contributed by atoms with van der Waals surface area (Å²) in [5.41, 5.74) is 1.44. The molecule has 0 aliphatic heterocycles. The molecule has 0 saturated carbocycles. The number of nitro benzene ring substituents is 1. The third-order valence-corrected chi connectivity index (χ3v) is 4.13. The number of para-hydroxylation sites is 1. The molecule has 138 valence electrons. The Labute approximate surface area is 153 Å². The molecule has 6 heteroatoms. The van der Waals surface area contributed by atoms with E-state index in [4.69, 9.17) is 0 Å². The van der Waals surface area contributed by atoms with Crippen molar-refractivity contribution in [1.29, 1.82) is 0 Å². The van der Waals surface area contributed by atoms with E-state index in [0.29, 0.717) is 5.69 Å². The van der Waals surface area contributed by atoms with Gasteiger partial charge in [0.05, 0.1) is 4.92 Å². The number of azo groups is 1. The number of rotatable bonds is 9. The molecule has 2 aromatic carbocycles. The second kappa shape index (κ2) is 9.65. The van der Waals surface area contributed by atoms with Crippen LogP contribution in [0.15, 0.2) is 52.7 Å². The van der Waals surface area contributed by atoms with Crippen LogP contribution in [-0.4, -0.2) is 10.0 Å². The fourth-order valence-corrected chi connectivity index (χ4v) is 2.67. The zero-order valence-electron chi connectivity index (χ0n) is 15.3. The van der Waals surface area contributed by atoms with Gasteiger partial charge in [-0.1, -0.05) is 51.3 Å². The van der Waals surface area contributed by atoms with Gasteiger partial charge in [0.25, 0.3) is 5.69 Å². The van der Waals surface area contributed by atoms with Crippen molar-refractivity contribution in [1.82, 2.24) is 0 Å². The predicted octanol–water partition coefficient (Wildman–Crippen LogP) is 6.47. The van der Waals surface area contributed by atoms with Gasteiger partial charge in [0.15, 0.2) is 5.69 Å². The van der Waals surface area contributed by atoms with Gasteiger partial charge in [0.2, 0.25) is 0 Å². The summed E-state index contributed by atoms with van der Waals surface area (Å²) in [4.78, 5) is 10.5. The van der Waals surface area contributed by atoms with Crippen molar-refractivity contribution in [2.24, 2.45) is 16.1 Å². The van der Waals surface area contributed by atoms with Gasteiger partial charge < -0.3 is 5.11 Å². The lowest BCUT2D eigenvalue weighted by Gasteiger charge is -2.06. The molecule has 0 bridgehead atoms. The van der Waals surface area contributed by atoms with Gasteiger partial charge in [-0.3, -0.25) is 10.1 Å². The normalized spacial score (nSPS) is 11.3. The summed E-state index contributed by atoms with van der Waals surface area (Å²) >= 11 is 0. The summed E-state index contributed by atoms with van der Waals surface area (Å²) in [6.45, 7) is 4.46. The van der Waals surface area contributed by atoms with E-state index in [-0.39, 0.29) is 17.1 Å². The van der Waals surface area contributed by atoms with Gasteiger partial charge >= 0.3 is 0 Å². The molecular weight excluding hydrogens is 330 g/mol. The number of benzene rings is 2. The number of aryl methyl sites for hydroxylation is 1. The Bertz CT molecular complexity index is 773. The number of hydrogen-bond donors (Lipinski definition) is 1. The smallest absolute Gasteiger partial charge is 0.296 e. The van der Waals surface area contributed by atoms with Crippen LogP contribution >= 0.6 is 0 Å². The lowest BCUT2D eigenvalue weighted by molar-refractivity contribution is -0.384. The quantitative estimate of drug-likeness (QED) is 0.242. The van der Waals surface area contributed by atoms with Crippen molar-refractivity contribution >= 4 is 17.1 Å². The van der Waals surface area contributed by atoms with E-state index in [0.717, 1.165) is 24.3 Å². The van der Waals surface area contributed by atoms with Crippen molar-refractivity contribution in [2.75, 3.05) is 0 Å². The molecule has 26 heavy (non-hydrogen) atoms. The van der Waals surface area contributed by atoms with Crippen molar-refractivity contribution in [3.05, 3.63) is 58.1 Å². The summed E-state index contributed by atoms with van der Waals surface area (Å²) in [6.07, 6.45) is 5.63. The summed E-state index contributed by atoms with van der Waals surface area (Å²) in [6, 6.07) is 11.4. The molecule has 0 heterocycles. The molecule has 0 aliphatic rings. The highest BCUT2D eigenvalue weighted by molar-refractivity contribution is 5.58. The van der Waals surface area contributed by atoms with Crippen LogP contribution in [0.5, 0.6) is 5.75 Å². The third kappa shape index (κ3) is 5.95. The van der Waals surface area contributed by atoms with Crippen molar-refractivity contribution in [3.8, 4) is 5.75 Å². The molecule has 0 fully saturated rings. The van der Waals surface area contributed by atoms with E-state index in [1.54, 1.807) is 24.3 Å². The number of nitro groups is 1. The molecule has 0 unspecified atom stereocenters.